The Morgan fingerprint density at radius 3 is 2.32 bits per heavy atom. The average Bonchev–Trinajstić information content (AvgIpc) is 3.05. The maximum Gasteiger partial charge on any atom is 0.238 e. The number of hydrogen-bond acceptors (Lipinski definition) is 3. The molecule has 0 atom stereocenters. The molecule has 0 aliphatic heterocycles. The SMILES string of the molecule is NS(=O)(=O)c1cccc(-c2n[nH]c3ccc(-c4ccccc4)cc23)c1. The second kappa shape index (κ2) is 5.84. The lowest BCUT2D eigenvalue weighted by Crippen LogP contribution is -2.11. The summed E-state index contributed by atoms with van der Waals surface area (Å²) in [5, 5.41) is 13.5. The Kier molecular flexibility index (Phi) is 3.63. The number of aromatic amines is 1. The van der Waals surface area contributed by atoms with E-state index >= 15 is 0 Å². The molecule has 6 heteroatoms. The van der Waals surface area contributed by atoms with Gasteiger partial charge in [0.15, 0.2) is 0 Å². The van der Waals surface area contributed by atoms with Gasteiger partial charge in [-0.05, 0) is 35.4 Å². The first-order valence-corrected chi connectivity index (χ1v) is 9.24. The normalized spacial score (nSPS) is 11.7. The molecule has 0 aliphatic rings. The fraction of sp³-hybridized carbons (Fsp3) is 0. The number of hydrogen-bond donors (Lipinski definition) is 2. The van der Waals surface area contributed by atoms with Crippen LogP contribution in [-0.4, -0.2) is 18.6 Å². The van der Waals surface area contributed by atoms with E-state index in [0.29, 0.717) is 11.3 Å². The van der Waals surface area contributed by atoms with Crippen LogP contribution in [0.4, 0.5) is 0 Å². The van der Waals surface area contributed by atoms with Crippen LogP contribution >= 0.6 is 0 Å². The van der Waals surface area contributed by atoms with Crippen LogP contribution in [0.2, 0.25) is 0 Å². The predicted molar refractivity (Wildman–Crippen MR) is 98.3 cm³/mol. The van der Waals surface area contributed by atoms with Crippen molar-refractivity contribution in [1.29, 1.82) is 0 Å². The largest absolute Gasteiger partial charge is 0.277 e. The Bertz CT molecular complexity index is 1170. The lowest BCUT2D eigenvalue weighted by Gasteiger charge is -2.04. The van der Waals surface area contributed by atoms with Gasteiger partial charge >= 0.3 is 0 Å². The minimum absolute atomic E-state index is 0.0698. The predicted octanol–water partition coefficient (Wildman–Crippen LogP) is 3.54. The van der Waals surface area contributed by atoms with Crippen LogP contribution in [0.25, 0.3) is 33.3 Å². The molecule has 1 heterocycles. The summed E-state index contributed by atoms with van der Waals surface area (Å²) >= 11 is 0. The van der Waals surface area contributed by atoms with E-state index in [-0.39, 0.29) is 4.90 Å². The molecule has 0 saturated carbocycles. The molecule has 3 aromatic carbocycles. The summed E-state index contributed by atoms with van der Waals surface area (Å²) in [6.07, 6.45) is 0. The Morgan fingerprint density at radius 2 is 1.56 bits per heavy atom. The van der Waals surface area contributed by atoms with E-state index in [1.54, 1.807) is 12.1 Å². The third-order valence-electron chi connectivity index (χ3n) is 4.11. The Morgan fingerprint density at radius 1 is 0.800 bits per heavy atom. The molecule has 4 aromatic rings. The quantitative estimate of drug-likeness (QED) is 0.593. The zero-order chi connectivity index (χ0) is 17.4. The Hall–Kier alpha value is -2.96. The second-order valence-electron chi connectivity index (χ2n) is 5.77. The van der Waals surface area contributed by atoms with Gasteiger partial charge < -0.3 is 0 Å². The zero-order valence-electron chi connectivity index (χ0n) is 13.2. The monoisotopic (exact) mass is 349 g/mol. The Labute approximate surface area is 145 Å². The van der Waals surface area contributed by atoms with Gasteiger partial charge in [-0.15, -0.1) is 0 Å². The van der Waals surface area contributed by atoms with Gasteiger partial charge in [0, 0.05) is 10.9 Å². The maximum atomic E-state index is 11.6. The van der Waals surface area contributed by atoms with Gasteiger partial charge in [0.2, 0.25) is 10.0 Å². The van der Waals surface area contributed by atoms with E-state index < -0.39 is 10.0 Å². The highest BCUT2D eigenvalue weighted by Crippen LogP contribution is 2.31. The van der Waals surface area contributed by atoms with Gasteiger partial charge in [0.25, 0.3) is 0 Å². The lowest BCUT2D eigenvalue weighted by atomic mass is 10.0. The number of primary sulfonamides is 1. The van der Waals surface area contributed by atoms with Crippen molar-refractivity contribution in [3.63, 3.8) is 0 Å². The standard InChI is InChI=1S/C19H15N3O2S/c20-25(23,24)16-8-4-7-15(11-16)19-17-12-14(9-10-18(17)21-22-19)13-5-2-1-3-6-13/h1-12H,(H,21,22)(H2,20,23,24). The first kappa shape index (κ1) is 15.6. The van der Waals surface area contributed by atoms with Crippen molar-refractivity contribution >= 4 is 20.9 Å². The fourth-order valence-electron chi connectivity index (χ4n) is 2.86. The number of nitrogens with one attached hydrogen (secondary N) is 1. The van der Waals surface area contributed by atoms with Crippen LogP contribution in [0.1, 0.15) is 0 Å². The molecule has 0 spiro atoms. The molecular formula is C19H15N3O2S. The molecule has 124 valence electrons. The van der Waals surface area contributed by atoms with Gasteiger partial charge in [-0.25, -0.2) is 13.6 Å². The van der Waals surface area contributed by atoms with Crippen LogP contribution < -0.4 is 5.14 Å². The van der Waals surface area contributed by atoms with E-state index in [2.05, 4.69) is 10.2 Å². The van der Waals surface area contributed by atoms with Crippen LogP contribution in [0, 0.1) is 0 Å². The van der Waals surface area contributed by atoms with Crippen molar-refractivity contribution in [2.45, 2.75) is 4.90 Å². The van der Waals surface area contributed by atoms with E-state index in [0.717, 1.165) is 22.0 Å². The minimum Gasteiger partial charge on any atom is -0.277 e. The number of H-pyrrole nitrogens is 1. The van der Waals surface area contributed by atoms with Crippen molar-refractivity contribution in [1.82, 2.24) is 10.2 Å². The minimum atomic E-state index is -3.76. The summed E-state index contributed by atoms with van der Waals surface area (Å²) in [7, 11) is -3.76. The molecule has 0 unspecified atom stereocenters. The molecule has 0 saturated heterocycles. The van der Waals surface area contributed by atoms with Crippen LogP contribution in [0.3, 0.4) is 0 Å². The third kappa shape index (κ3) is 2.93. The molecule has 1 aromatic heterocycles. The van der Waals surface area contributed by atoms with Gasteiger partial charge in [-0.2, -0.15) is 5.10 Å². The topological polar surface area (TPSA) is 88.8 Å². The highest BCUT2D eigenvalue weighted by atomic mass is 32.2. The second-order valence-corrected chi connectivity index (χ2v) is 7.33. The number of fused-ring (bicyclic) bond motifs is 1. The van der Waals surface area contributed by atoms with Gasteiger partial charge in [-0.3, -0.25) is 5.10 Å². The smallest absolute Gasteiger partial charge is 0.238 e. The zero-order valence-corrected chi connectivity index (χ0v) is 14.0. The fourth-order valence-corrected chi connectivity index (χ4v) is 3.42. The van der Waals surface area contributed by atoms with Crippen molar-refractivity contribution in [2.24, 2.45) is 5.14 Å². The molecule has 0 amide bonds. The molecule has 5 nitrogen and oxygen atoms in total. The van der Waals surface area contributed by atoms with E-state index in [1.807, 2.05) is 54.6 Å². The molecule has 0 aliphatic carbocycles. The third-order valence-corrected chi connectivity index (χ3v) is 5.02. The lowest BCUT2D eigenvalue weighted by molar-refractivity contribution is 0.598. The van der Waals surface area contributed by atoms with E-state index in [1.165, 1.54) is 6.07 Å². The van der Waals surface area contributed by atoms with Crippen molar-refractivity contribution < 1.29 is 8.42 Å². The molecule has 0 bridgehead atoms. The summed E-state index contributed by atoms with van der Waals surface area (Å²) in [5.74, 6) is 0. The van der Waals surface area contributed by atoms with Gasteiger partial charge in [0.1, 0.15) is 0 Å². The van der Waals surface area contributed by atoms with Gasteiger partial charge in [-0.1, -0.05) is 48.5 Å². The first-order chi connectivity index (χ1) is 12.0. The van der Waals surface area contributed by atoms with Crippen LogP contribution in [0.15, 0.2) is 77.7 Å². The van der Waals surface area contributed by atoms with Crippen molar-refractivity contribution in [2.75, 3.05) is 0 Å². The first-order valence-electron chi connectivity index (χ1n) is 7.69. The number of rotatable bonds is 3. The van der Waals surface area contributed by atoms with Crippen molar-refractivity contribution in [3.05, 3.63) is 72.8 Å². The number of sulfonamides is 1. The highest BCUT2D eigenvalue weighted by molar-refractivity contribution is 7.89. The number of benzene rings is 3. The number of nitrogens with zero attached hydrogens (tertiary/aromatic N) is 1. The molecular weight excluding hydrogens is 334 g/mol. The van der Waals surface area contributed by atoms with E-state index in [4.69, 9.17) is 5.14 Å². The molecule has 3 N–H and O–H groups in total. The van der Waals surface area contributed by atoms with Crippen LogP contribution in [0.5, 0.6) is 0 Å². The number of aromatic nitrogens is 2. The number of nitrogens with two attached hydrogens (primary N) is 1. The molecule has 0 fully saturated rings. The molecule has 4 rings (SSSR count). The average molecular weight is 349 g/mol. The Balaban J connectivity index is 1.89. The van der Waals surface area contributed by atoms with E-state index in [9.17, 15) is 8.42 Å². The summed E-state index contributed by atoms with van der Waals surface area (Å²) < 4.78 is 23.2. The molecule has 25 heavy (non-hydrogen) atoms. The summed E-state index contributed by atoms with van der Waals surface area (Å²) in [6.45, 7) is 0. The summed E-state index contributed by atoms with van der Waals surface area (Å²) in [5.41, 5.74) is 4.45. The van der Waals surface area contributed by atoms with Gasteiger partial charge in [0.05, 0.1) is 16.1 Å². The molecule has 0 radical (unpaired) electrons. The van der Waals surface area contributed by atoms with Crippen LogP contribution in [-0.2, 0) is 10.0 Å². The maximum absolute atomic E-state index is 11.6. The van der Waals surface area contributed by atoms with Crippen molar-refractivity contribution in [3.8, 4) is 22.4 Å². The summed E-state index contributed by atoms with van der Waals surface area (Å²) in [6, 6.07) is 22.6. The highest BCUT2D eigenvalue weighted by Gasteiger charge is 2.13. The summed E-state index contributed by atoms with van der Waals surface area (Å²) in [4.78, 5) is 0.0698.